The third-order valence-electron chi connectivity index (χ3n) is 10.8. The summed E-state index contributed by atoms with van der Waals surface area (Å²) < 4.78 is 9.28. The first-order valence-electron chi connectivity index (χ1n) is 18.9. The van der Waals surface area contributed by atoms with Gasteiger partial charge in [0.2, 0.25) is 0 Å². The van der Waals surface area contributed by atoms with Crippen molar-refractivity contribution in [2.24, 2.45) is 0 Å². The van der Waals surface area contributed by atoms with Crippen LogP contribution in [0.15, 0.2) is 205 Å². The highest BCUT2D eigenvalue weighted by Gasteiger charge is 2.20. The number of hydrogen-bond acceptors (Lipinski definition) is 3. The molecule has 4 heteroatoms. The quantitative estimate of drug-likeness (QED) is 0.172. The normalized spacial score (nSPS) is 11.6. The van der Waals surface area contributed by atoms with Crippen LogP contribution in [0, 0.1) is 0 Å². The van der Waals surface area contributed by atoms with Gasteiger partial charge in [0.05, 0.1) is 28.1 Å². The minimum Gasteiger partial charge on any atom is -0.454 e. The minimum absolute atomic E-state index is 0.686. The molecule has 0 saturated carbocycles. The predicted octanol–water partition coefficient (Wildman–Crippen LogP) is 13.8. The minimum atomic E-state index is 0.686. The van der Waals surface area contributed by atoms with Crippen LogP contribution in [0.2, 0.25) is 0 Å². The van der Waals surface area contributed by atoms with Crippen molar-refractivity contribution in [2.45, 2.75) is 0 Å². The molecule has 262 valence electrons. The molecule has 0 fully saturated rings. The maximum absolute atomic E-state index is 6.92. The van der Waals surface area contributed by atoms with Gasteiger partial charge in [-0.3, -0.25) is 0 Å². The number of nitrogens with zero attached hydrogens (tertiary/aromatic N) is 3. The lowest BCUT2D eigenvalue weighted by atomic mass is 10.0. The second-order valence-corrected chi connectivity index (χ2v) is 14.2. The molecule has 3 aromatic heterocycles. The van der Waals surface area contributed by atoms with Crippen LogP contribution in [0.1, 0.15) is 0 Å². The van der Waals surface area contributed by atoms with E-state index in [2.05, 4.69) is 168 Å². The Kier molecular flexibility index (Phi) is 7.46. The van der Waals surface area contributed by atoms with Crippen molar-refractivity contribution in [3.8, 4) is 61.8 Å². The molecule has 0 spiro atoms. The zero-order valence-electron chi connectivity index (χ0n) is 30.3. The van der Waals surface area contributed by atoms with E-state index in [1.807, 2.05) is 36.4 Å². The van der Waals surface area contributed by atoms with E-state index in [1.165, 1.54) is 33.0 Å². The summed E-state index contributed by atoms with van der Waals surface area (Å²) in [4.78, 5) is 10.1. The highest BCUT2D eigenvalue weighted by Crippen LogP contribution is 2.41. The van der Waals surface area contributed by atoms with Gasteiger partial charge in [0.25, 0.3) is 0 Å². The molecule has 0 N–H and O–H groups in total. The summed E-state index contributed by atoms with van der Waals surface area (Å²) in [6, 6.07) is 70.2. The lowest BCUT2D eigenvalue weighted by molar-refractivity contribution is 0.666. The van der Waals surface area contributed by atoms with Crippen molar-refractivity contribution >= 4 is 43.7 Å². The van der Waals surface area contributed by atoms with E-state index in [-0.39, 0.29) is 0 Å². The van der Waals surface area contributed by atoms with Crippen LogP contribution in [-0.2, 0) is 0 Å². The molecule has 0 bridgehead atoms. The third-order valence-corrected chi connectivity index (χ3v) is 10.8. The Balaban J connectivity index is 1.10. The smallest absolute Gasteiger partial charge is 0.160 e. The molecule has 0 radical (unpaired) electrons. The molecular formula is C52H33N3O. The monoisotopic (exact) mass is 715 g/mol. The number of aromatic nitrogens is 3. The Labute approximate surface area is 323 Å². The van der Waals surface area contributed by atoms with Gasteiger partial charge in [-0.2, -0.15) is 0 Å². The second kappa shape index (κ2) is 13.1. The number of para-hydroxylation sites is 1. The van der Waals surface area contributed by atoms with Gasteiger partial charge < -0.3 is 8.98 Å². The Hall–Kier alpha value is -7.56. The van der Waals surface area contributed by atoms with Gasteiger partial charge in [-0.1, -0.05) is 152 Å². The van der Waals surface area contributed by atoms with E-state index >= 15 is 0 Å². The molecule has 56 heavy (non-hydrogen) atoms. The van der Waals surface area contributed by atoms with E-state index in [0.717, 1.165) is 66.7 Å². The van der Waals surface area contributed by atoms with Gasteiger partial charge in [0.1, 0.15) is 5.58 Å². The number of benzene rings is 8. The van der Waals surface area contributed by atoms with Crippen molar-refractivity contribution in [1.29, 1.82) is 0 Å². The van der Waals surface area contributed by atoms with Crippen LogP contribution < -0.4 is 0 Å². The first-order chi connectivity index (χ1) is 27.7. The third kappa shape index (κ3) is 5.39. The Morgan fingerprint density at radius 1 is 0.339 bits per heavy atom. The Bertz CT molecular complexity index is 3070. The largest absolute Gasteiger partial charge is 0.454 e. The molecule has 0 saturated heterocycles. The molecule has 8 aromatic carbocycles. The molecule has 0 aliphatic carbocycles. The lowest BCUT2D eigenvalue weighted by Crippen LogP contribution is -1.95. The summed E-state index contributed by atoms with van der Waals surface area (Å²) in [5.74, 6) is 0.686. The Morgan fingerprint density at radius 3 is 1.45 bits per heavy atom. The molecule has 0 aliphatic heterocycles. The topological polar surface area (TPSA) is 43.9 Å². The fraction of sp³-hybridized carbons (Fsp3) is 0. The van der Waals surface area contributed by atoms with E-state index in [0.29, 0.717) is 5.82 Å². The van der Waals surface area contributed by atoms with Crippen LogP contribution in [0.4, 0.5) is 0 Å². The predicted molar refractivity (Wildman–Crippen MR) is 231 cm³/mol. The molecule has 0 amide bonds. The van der Waals surface area contributed by atoms with Gasteiger partial charge in [0.15, 0.2) is 11.4 Å². The van der Waals surface area contributed by atoms with Crippen LogP contribution in [0.5, 0.6) is 0 Å². The average Bonchev–Trinajstić information content (AvgIpc) is 3.82. The summed E-state index contributed by atoms with van der Waals surface area (Å²) in [5.41, 5.74) is 14.4. The number of hydrogen-bond donors (Lipinski definition) is 0. The number of rotatable bonds is 6. The van der Waals surface area contributed by atoms with Crippen molar-refractivity contribution < 1.29 is 4.42 Å². The Morgan fingerprint density at radius 2 is 0.857 bits per heavy atom. The van der Waals surface area contributed by atoms with Crippen LogP contribution in [0.25, 0.3) is 106 Å². The molecule has 11 aromatic rings. The zero-order chi connectivity index (χ0) is 37.0. The standard InChI is InChI=1S/C52H33N3O/c1-5-14-34(15-6-1)38-25-28-47-43(30-38)44-31-39(35-16-7-2-8-17-35)26-29-48(44)55(47)49-23-13-22-42-41-27-24-40(32-50(41)56-51(42)49)46-33-45(36-18-9-3-10-19-36)53-52(54-46)37-20-11-4-12-21-37/h1-33H. The average molecular weight is 716 g/mol. The summed E-state index contributed by atoms with van der Waals surface area (Å²) >= 11 is 0. The van der Waals surface area contributed by atoms with Gasteiger partial charge in [-0.05, 0) is 70.8 Å². The summed E-state index contributed by atoms with van der Waals surface area (Å²) in [5, 5.41) is 4.52. The molecule has 0 atom stereocenters. The zero-order valence-corrected chi connectivity index (χ0v) is 30.3. The van der Waals surface area contributed by atoms with Crippen molar-refractivity contribution in [3.63, 3.8) is 0 Å². The summed E-state index contributed by atoms with van der Waals surface area (Å²) in [7, 11) is 0. The van der Waals surface area contributed by atoms with Crippen LogP contribution in [0.3, 0.4) is 0 Å². The fourth-order valence-electron chi connectivity index (χ4n) is 8.09. The SMILES string of the molecule is c1ccc(-c2ccc3c(c2)c2cc(-c4ccccc4)ccc2n3-c2cccc3c2oc2cc(-c4cc(-c5ccccc5)nc(-c5ccccc5)n4)ccc23)cc1. The van der Waals surface area contributed by atoms with Gasteiger partial charge >= 0.3 is 0 Å². The summed E-state index contributed by atoms with van der Waals surface area (Å²) in [6.07, 6.45) is 0. The molecule has 11 rings (SSSR count). The van der Waals surface area contributed by atoms with Gasteiger partial charge in [-0.25, -0.2) is 9.97 Å². The van der Waals surface area contributed by atoms with E-state index in [9.17, 15) is 0 Å². The van der Waals surface area contributed by atoms with Gasteiger partial charge in [-0.15, -0.1) is 0 Å². The molecular weight excluding hydrogens is 683 g/mol. The lowest BCUT2D eigenvalue weighted by Gasteiger charge is -2.09. The summed E-state index contributed by atoms with van der Waals surface area (Å²) in [6.45, 7) is 0. The molecule has 3 heterocycles. The van der Waals surface area contributed by atoms with Crippen LogP contribution in [-0.4, -0.2) is 14.5 Å². The van der Waals surface area contributed by atoms with Gasteiger partial charge in [0, 0.05) is 38.2 Å². The maximum atomic E-state index is 6.92. The molecule has 0 unspecified atom stereocenters. The van der Waals surface area contributed by atoms with Crippen molar-refractivity contribution in [2.75, 3.05) is 0 Å². The number of furan rings is 1. The number of fused-ring (bicyclic) bond motifs is 6. The van der Waals surface area contributed by atoms with E-state index in [1.54, 1.807) is 0 Å². The highest BCUT2D eigenvalue weighted by molar-refractivity contribution is 6.14. The maximum Gasteiger partial charge on any atom is 0.160 e. The van der Waals surface area contributed by atoms with E-state index < -0.39 is 0 Å². The second-order valence-electron chi connectivity index (χ2n) is 14.2. The fourth-order valence-corrected chi connectivity index (χ4v) is 8.09. The first kappa shape index (κ1) is 31.9. The molecule has 0 aliphatic rings. The van der Waals surface area contributed by atoms with Crippen molar-refractivity contribution in [3.05, 3.63) is 200 Å². The van der Waals surface area contributed by atoms with E-state index in [4.69, 9.17) is 14.4 Å². The first-order valence-corrected chi connectivity index (χ1v) is 18.9. The molecule has 4 nitrogen and oxygen atoms in total. The van der Waals surface area contributed by atoms with Crippen molar-refractivity contribution in [1.82, 2.24) is 14.5 Å². The highest BCUT2D eigenvalue weighted by atomic mass is 16.3. The van der Waals surface area contributed by atoms with Crippen LogP contribution >= 0.6 is 0 Å².